The maximum Gasteiger partial charge on any atom is 0.287 e. The summed E-state index contributed by atoms with van der Waals surface area (Å²) in [5.41, 5.74) is 0.0255. The number of nitro benzene ring substituents is 1. The zero-order valence-corrected chi connectivity index (χ0v) is 11.4. The van der Waals surface area contributed by atoms with Crippen LogP contribution < -0.4 is 5.32 Å². The number of rotatable bonds is 8. The largest absolute Gasteiger partial charge is 0.394 e. The third-order valence-electron chi connectivity index (χ3n) is 2.39. The number of carbonyl (C=O) groups excluding carboxylic acids is 1. The van der Waals surface area contributed by atoms with E-state index in [9.17, 15) is 14.9 Å². The minimum absolute atomic E-state index is 0.0341. The number of carbonyl (C=O) groups is 1. The number of nitrogens with zero attached hydrogens (tertiary/aromatic N) is 1. The Morgan fingerprint density at radius 2 is 2.20 bits per heavy atom. The average Bonchev–Trinajstić information content (AvgIpc) is 2.41. The van der Waals surface area contributed by atoms with Gasteiger partial charge in [0.05, 0.1) is 18.1 Å². The minimum Gasteiger partial charge on any atom is -0.394 e. The van der Waals surface area contributed by atoms with Crippen LogP contribution in [0.2, 0.25) is 5.02 Å². The Morgan fingerprint density at radius 3 is 2.80 bits per heavy atom. The second kappa shape index (κ2) is 8.47. The molecule has 20 heavy (non-hydrogen) atoms. The van der Waals surface area contributed by atoms with Gasteiger partial charge in [-0.2, -0.15) is 0 Å². The molecule has 7 nitrogen and oxygen atoms in total. The lowest BCUT2D eigenvalue weighted by Gasteiger charge is -2.06. The number of benzene rings is 1. The van der Waals surface area contributed by atoms with E-state index >= 15 is 0 Å². The van der Waals surface area contributed by atoms with Crippen LogP contribution in [0.25, 0.3) is 0 Å². The summed E-state index contributed by atoms with van der Waals surface area (Å²) in [6.07, 6.45) is 0.604. The smallest absolute Gasteiger partial charge is 0.287 e. The van der Waals surface area contributed by atoms with Crippen LogP contribution in [0.3, 0.4) is 0 Å². The maximum atomic E-state index is 11.7. The average molecular weight is 303 g/mol. The Labute approximate surface area is 120 Å². The summed E-state index contributed by atoms with van der Waals surface area (Å²) in [5, 5.41) is 21.6. The van der Waals surface area contributed by atoms with Crippen LogP contribution in [-0.2, 0) is 4.74 Å². The van der Waals surface area contributed by atoms with Gasteiger partial charge in [-0.15, -0.1) is 0 Å². The maximum absolute atomic E-state index is 11.7. The molecule has 0 saturated carbocycles. The van der Waals surface area contributed by atoms with Gasteiger partial charge in [-0.3, -0.25) is 14.9 Å². The van der Waals surface area contributed by atoms with Gasteiger partial charge in [0, 0.05) is 24.8 Å². The third-order valence-corrected chi connectivity index (χ3v) is 2.70. The monoisotopic (exact) mass is 302 g/mol. The molecular weight excluding hydrogens is 288 g/mol. The van der Waals surface area contributed by atoms with E-state index in [1.165, 1.54) is 18.2 Å². The predicted molar refractivity (Wildman–Crippen MR) is 73.0 cm³/mol. The number of hydrogen-bond acceptors (Lipinski definition) is 5. The first-order valence-electron chi connectivity index (χ1n) is 5.97. The van der Waals surface area contributed by atoms with Crippen molar-refractivity contribution in [2.75, 3.05) is 26.4 Å². The zero-order chi connectivity index (χ0) is 15.0. The normalized spacial score (nSPS) is 10.3. The molecule has 0 aliphatic rings. The van der Waals surface area contributed by atoms with E-state index in [1.807, 2.05) is 0 Å². The van der Waals surface area contributed by atoms with E-state index in [4.69, 9.17) is 21.4 Å². The number of ether oxygens (including phenoxy) is 1. The molecule has 0 aromatic heterocycles. The molecule has 0 aliphatic carbocycles. The Morgan fingerprint density at radius 1 is 1.45 bits per heavy atom. The SMILES string of the molecule is O=C(NCCCOCCO)c1ccc([N+](=O)[O-])c(Cl)c1. The Kier molecular flexibility index (Phi) is 6.92. The van der Waals surface area contributed by atoms with Crippen molar-refractivity contribution in [1.29, 1.82) is 0 Å². The molecule has 2 N–H and O–H groups in total. The van der Waals surface area contributed by atoms with Crippen molar-refractivity contribution in [3.05, 3.63) is 38.9 Å². The third kappa shape index (κ3) is 5.12. The first-order chi connectivity index (χ1) is 9.56. The van der Waals surface area contributed by atoms with Crippen molar-refractivity contribution < 1.29 is 19.6 Å². The van der Waals surface area contributed by atoms with Crippen molar-refractivity contribution in [2.45, 2.75) is 6.42 Å². The van der Waals surface area contributed by atoms with E-state index in [1.54, 1.807) is 0 Å². The molecule has 0 unspecified atom stereocenters. The fourth-order valence-corrected chi connectivity index (χ4v) is 1.69. The second-order valence-electron chi connectivity index (χ2n) is 3.87. The van der Waals surface area contributed by atoms with Gasteiger partial charge in [-0.1, -0.05) is 11.6 Å². The van der Waals surface area contributed by atoms with Crippen molar-refractivity contribution >= 4 is 23.2 Å². The number of aliphatic hydroxyl groups excluding tert-OH is 1. The van der Waals surface area contributed by atoms with Gasteiger partial charge in [-0.25, -0.2) is 0 Å². The number of nitro groups is 1. The van der Waals surface area contributed by atoms with Crippen LogP contribution >= 0.6 is 11.6 Å². The summed E-state index contributed by atoms with van der Waals surface area (Å²) >= 11 is 5.72. The molecule has 0 aliphatic heterocycles. The molecule has 1 aromatic rings. The van der Waals surface area contributed by atoms with E-state index in [0.717, 1.165) is 0 Å². The van der Waals surface area contributed by atoms with Gasteiger partial charge >= 0.3 is 0 Å². The molecule has 1 rings (SSSR count). The summed E-state index contributed by atoms with van der Waals surface area (Å²) < 4.78 is 5.03. The summed E-state index contributed by atoms with van der Waals surface area (Å²) in [7, 11) is 0. The highest BCUT2D eigenvalue weighted by Gasteiger charge is 2.14. The highest BCUT2D eigenvalue weighted by Crippen LogP contribution is 2.24. The lowest BCUT2D eigenvalue weighted by Crippen LogP contribution is -2.25. The van der Waals surface area contributed by atoms with Gasteiger partial charge in [0.25, 0.3) is 11.6 Å². The molecule has 1 amide bonds. The van der Waals surface area contributed by atoms with Gasteiger partial charge in [0.15, 0.2) is 0 Å². The molecule has 8 heteroatoms. The first-order valence-corrected chi connectivity index (χ1v) is 6.34. The number of hydrogen-bond donors (Lipinski definition) is 2. The molecule has 0 bridgehead atoms. The van der Waals surface area contributed by atoms with Crippen LogP contribution in [0.15, 0.2) is 18.2 Å². The number of nitrogens with one attached hydrogen (secondary N) is 1. The van der Waals surface area contributed by atoms with Gasteiger partial charge < -0.3 is 15.2 Å². The predicted octanol–water partition coefficient (Wildman–Crippen LogP) is 1.38. The minimum atomic E-state index is -0.609. The standard InChI is InChI=1S/C12H15ClN2O5/c13-10-8-9(2-3-11(10)15(18)19)12(17)14-4-1-6-20-7-5-16/h2-3,8,16H,1,4-7H2,(H,14,17). The van der Waals surface area contributed by atoms with Crippen LogP contribution in [0.1, 0.15) is 16.8 Å². The number of aliphatic hydroxyl groups is 1. The quantitative estimate of drug-likeness (QED) is 0.429. The molecule has 0 spiro atoms. The van der Waals surface area contributed by atoms with E-state index in [2.05, 4.69) is 5.32 Å². The molecule has 0 fully saturated rings. The van der Waals surface area contributed by atoms with Crippen LogP contribution in [0.5, 0.6) is 0 Å². The summed E-state index contributed by atoms with van der Waals surface area (Å²) in [5.74, 6) is -0.357. The zero-order valence-electron chi connectivity index (χ0n) is 10.7. The molecular formula is C12H15ClN2O5. The molecule has 0 atom stereocenters. The summed E-state index contributed by atoms with van der Waals surface area (Å²) in [6.45, 7) is 1.07. The van der Waals surface area contributed by atoms with E-state index in [0.29, 0.717) is 19.6 Å². The number of halogens is 1. The lowest BCUT2D eigenvalue weighted by atomic mass is 10.2. The molecule has 110 valence electrons. The molecule has 1 aromatic carbocycles. The van der Waals surface area contributed by atoms with Gasteiger partial charge in [0.1, 0.15) is 5.02 Å². The highest BCUT2D eigenvalue weighted by atomic mass is 35.5. The van der Waals surface area contributed by atoms with Crippen molar-refractivity contribution in [3.63, 3.8) is 0 Å². The van der Waals surface area contributed by atoms with Crippen molar-refractivity contribution in [1.82, 2.24) is 5.32 Å². The molecule has 0 radical (unpaired) electrons. The van der Waals surface area contributed by atoms with Crippen molar-refractivity contribution in [2.24, 2.45) is 0 Å². The fraction of sp³-hybridized carbons (Fsp3) is 0.417. The Bertz CT molecular complexity index is 481. The van der Waals surface area contributed by atoms with E-state index in [-0.39, 0.29) is 35.4 Å². The first kappa shape index (κ1) is 16.4. The fourth-order valence-electron chi connectivity index (χ4n) is 1.44. The highest BCUT2D eigenvalue weighted by molar-refractivity contribution is 6.33. The Balaban J connectivity index is 2.44. The topological polar surface area (TPSA) is 102 Å². The number of amides is 1. The lowest BCUT2D eigenvalue weighted by molar-refractivity contribution is -0.384. The molecule has 0 heterocycles. The van der Waals surface area contributed by atoms with Gasteiger partial charge in [-0.05, 0) is 18.6 Å². The summed E-state index contributed by atoms with van der Waals surface area (Å²) in [4.78, 5) is 21.7. The van der Waals surface area contributed by atoms with E-state index < -0.39 is 4.92 Å². The van der Waals surface area contributed by atoms with Crippen LogP contribution in [-0.4, -0.2) is 42.3 Å². The molecule has 0 saturated heterocycles. The van der Waals surface area contributed by atoms with Gasteiger partial charge in [0.2, 0.25) is 0 Å². The van der Waals surface area contributed by atoms with Crippen molar-refractivity contribution in [3.8, 4) is 0 Å². The summed E-state index contributed by atoms with van der Waals surface area (Å²) in [6, 6.07) is 3.81. The van der Waals surface area contributed by atoms with Crippen LogP contribution in [0, 0.1) is 10.1 Å². The van der Waals surface area contributed by atoms with Crippen LogP contribution in [0.4, 0.5) is 5.69 Å². The Hall–Kier alpha value is -1.70. The second-order valence-corrected chi connectivity index (χ2v) is 4.28.